The van der Waals surface area contributed by atoms with Crippen LogP contribution in [0.25, 0.3) is 0 Å². The zero-order valence-corrected chi connectivity index (χ0v) is 12.7. The molecule has 0 aromatic carbocycles. The number of hydrogen-bond donors (Lipinski definition) is 0. The SMILES string of the molecule is CCC(I)CC1(F)C(F)(F)C(F)(F)C(F)(F)C(F)(F)C1(F)F. The average Bonchev–Trinajstić information content (AvgIpc) is 2.35. The summed E-state index contributed by atoms with van der Waals surface area (Å²) in [6.07, 6.45) is -2.46. The predicted molar refractivity (Wildman–Crippen MR) is 61.3 cm³/mol. The van der Waals surface area contributed by atoms with Crippen LogP contribution in [0.2, 0.25) is 0 Å². The molecule has 0 aromatic heterocycles. The van der Waals surface area contributed by atoms with Gasteiger partial charge in [-0.05, 0) is 6.42 Å². The summed E-state index contributed by atoms with van der Waals surface area (Å²) in [6, 6.07) is 0. The molecule has 0 N–H and O–H groups in total. The van der Waals surface area contributed by atoms with E-state index >= 15 is 0 Å². The fourth-order valence-electron chi connectivity index (χ4n) is 1.99. The highest BCUT2D eigenvalue weighted by Gasteiger charge is 3.00. The van der Waals surface area contributed by atoms with E-state index in [1.54, 1.807) is 0 Å². The van der Waals surface area contributed by atoms with E-state index in [2.05, 4.69) is 0 Å². The second-order valence-electron chi connectivity index (χ2n) is 4.88. The van der Waals surface area contributed by atoms with Crippen LogP contribution in [0, 0.1) is 0 Å². The fourth-order valence-corrected chi connectivity index (χ4v) is 2.60. The summed E-state index contributed by atoms with van der Waals surface area (Å²) in [7, 11) is 0. The first kappa shape index (κ1) is 20.0. The van der Waals surface area contributed by atoms with Gasteiger partial charge in [0.05, 0.1) is 0 Å². The molecule has 0 saturated heterocycles. The van der Waals surface area contributed by atoms with Gasteiger partial charge < -0.3 is 0 Å². The van der Waals surface area contributed by atoms with E-state index in [0.717, 1.165) is 29.5 Å². The van der Waals surface area contributed by atoms with Crippen molar-refractivity contribution in [1.82, 2.24) is 0 Å². The second-order valence-corrected chi connectivity index (χ2v) is 6.64. The van der Waals surface area contributed by atoms with Gasteiger partial charge in [0.1, 0.15) is 0 Å². The maximum absolute atomic E-state index is 14.1. The van der Waals surface area contributed by atoms with Crippen LogP contribution in [0.1, 0.15) is 19.8 Å². The van der Waals surface area contributed by atoms with Crippen molar-refractivity contribution in [3.63, 3.8) is 0 Å². The van der Waals surface area contributed by atoms with E-state index in [0.29, 0.717) is 0 Å². The average molecular weight is 464 g/mol. The van der Waals surface area contributed by atoms with E-state index in [1.807, 2.05) is 0 Å². The summed E-state index contributed by atoms with van der Waals surface area (Å²) in [5.41, 5.74) is -5.84. The van der Waals surface area contributed by atoms with Crippen molar-refractivity contribution >= 4 is 22.6 Å². The zero-order chi connectivity index (χ0) is 18.0. The minimum atomic E-state index is -7.13. The van der Waals surface area contributed by atoms with E-state index in [9.17, 15) is 48.3 Å². The topological polar surface area (TPSA) is 0 Å². The summed E-state index contributed by atoms with van der Waals surface area (Å²) in [4.78, 5) is 0. The van der Waals surface area contributed by atoms with Gasteiger partial charge >= 0.3 is 29.6 Å². The quantitative estimate of drug-likeness (QED) is 0.295. The van der Waals surface area contributed by atoms with E-state index < -0.39 is 45.6 Å². The Morgan fingerprint density at radius 2 is 0.909 bits per heavy atom. The van der Waals surface area contributed by atoms with Gasteiger partial charge in [-0.25, -0.2) is 4.39 Å². The van der Waals surface area contributed by atoms with Gasteiger partial charge in [-0.1, -0.05) is 29.5 Å². The normalized spacial score (nSPS) is 31.5. The maximum Gasteiger partial charge on any atom is 0.384 e. The molecule has 1 aliphatic rings. The lowest BCUT2D eigenvalue weighted by molar-refractivity contribution is -0.485. The van der Waals surface area contributed by atoms with Crippen molar-refractivity contribution < 1.29 is 48.3 Å². The first-order valence-electron chi connectivity index (χ1n) is 5.67. The van der Waals surface area contributed by atoms with Gasteiger partial charge in [0.25, 0.3) is 5.67 Å². The molecule has 0 heterocycles. The molecule has 0 aliphatic heterocycles. The van der Waals surface area contributed by atoms with Crippen molar-refractivity contribution in [3.05, 3.63) is 0 Å². The minimum Gasteiger partial charge on any atom is -0.230 e. The van der Waals surface area contributed by atoms with E-state index in [4.69, 9.17) is 0 Å². The van der Waals surface area contributed by atoms with Crippen LogP contribution in [0.15, 0.2) is 0 Å². The molecular weight excluding hydrogens is 456 g/mol. The molecule has 1 aliphatic carbocycles. The Morgan fingerprint density at radius 3 is 1.18 bits per heavy atom. The van der Waals surface area contributed by atoms with Crippen molar-refractivity contribution in [1.29, 1.82) is 0 Å². The van der Waals surface area contributed by atoms with E-state index in [1.165, 1.54) is 0 Å². The monoisotopic (exact) mass is 464 g/mol. The van der Waals surface area contributed by atoms with Gasteiger partial charge in [0.15, 0.2) is 0 Å². The molecule has 0 nitrogen and oxygen atoms in total. The molecule has 1 atom stereocenters. The number of rotatable bonds is 3. The smallest absolute Gasteiger partial charge is 0.230 e. The molecule has 1 saturated carbocycles. The fraction of sp³-hybridized carbons (Fsp3) is 1.00. The van der Waals surface area contributed by atoms with Crippen LogP contribution in [0.4, 0.5) is 48.3 Å². The molecule has 22 heavy (non-hydrogen) atoms. The molecule has 0 amide bonds. The van der Waals surface area contributed by atoms with Gasteiger partial charge in [-0.2, -0.15) is 43.9 Å². The Labute approximate surface area is 130 Å². The third-order valence-corrected chi connectivity index (χ3v) is 4.84. The molecule has 0 aromatic rings. The van der Waals surface area contributed by atoms with Crippen molar-refractivity contribution in [2.24, 2.45) is 0 Å². The zero-order valence-electron chi connectivity index (χ0n) is 10.5. The predicted octanol–water partition coefficient (Wildman–Crippen LogP) is 5.49. The summed E-state index contributed by atoms with van der Waals surface area (Å²) in [6.45, 7) is 1.16. The third kappa shape index (κ3) is 1.93. The Balaban J connectivity index is 3.69. The van der Waals surface area contributed by atoms with Crippen LogP contribution in [0.5, 0.6) is 0 Å². The molecule has 12 heteroatoms. The summed E-state index contributed by atoms with van der Waals surface area (Å²) in [5.74, 6) is -34.5. The van der Waals surface area contributed by atoms with Gasteiger partial charge in [0, 0.05) is 10.3 Å². The lowest BCUT2D eigenvalue weighted by atomic mass is 9.70. The van der Waals surface area contributed by atoms with E-state index in [-0.39, 0.29) is 6.42 Å². The Hall–Kier alpha value is -0.0400. The van der Waals surface area contributed by atoms with Crippen LogP contribution < -0.4 is 0 Å². The highest BCUT2D eigenvalue weighted by atomic mass is 127. The molecule has 132 valence electrons. The molecule has 1 rings (SSSR count). The summed E-state index contributed by atoms with van der Waals surface area (Å²) >= 11 is 1.10. The van der Waals surface area contributed by atoms with Crippen molar-refractivity contribution in [3.8, 4) is 0 Å². The maximum atomic E-state index is 14.1. The van der Waals surface area contributed by atoms with Crippen LogP contribution in [-0.2, 0) is 0 Å². The largest absolute Gasteiger partial charge is 0.384 e. The van der Waals surface area contributed by atoms with Crippen LogP contribution in [0.3, 0.4) is 0 Å². The third-order valence-electron chi connectivity index (χ3n) is 3.52. The van der Waals surface area contributed by atoms with Crippen molar-refractivity contribution in [2.75, 3.05) is 0 Å². The minimum absolute atomic E-state index is 0.314. The van der Waals surface area contributed by atoms with Gasteiger partial charge in [-0.15, -0.1) is 0 Å². The number of halogens is 12. The Morgan fingerprint density at radius 1 is 0.636 bits per heavy atom. The standard InChI is InChI=1S/C10H8F11I/c1-2-4(22)3-5(11)6(12,13)8(16,17)10(20,21)9(18,19)7(5,14)15/h4H,2-3H2,1H3. The molecule has 0 spiro atoms. The summed E-state index contributed by atoms with van der Waals surface area (Å²) < 4.78 is 145. The number of alkyl halides is 12. The van der Waals surface area contributed by atoms with Crippen LogP contribution >= 0.6 is 22.6 Å². The Kier molecular flexibility index (Phi) is 4.53. The van der Waals surface area contributed by atoms with Crippen molar-refractivity contribution in [2.45, 2.75) is 59.0 Å². The number of hydrogen-bond acceptors (Lipinski definition) is 0. The first-order valence-corrected chi connectivity index (χ1v) is 6.92. The van der Waals surface area contributed by atoms with Gasteiger partial charge in [0.2, 0.25) is 0 Å². The molecule has 1 unspecified atom stereocenters. The van der Waals surface area contributed by atoms with Crippen LogP contribution in [-0.4, -0.2) is 39.2 Å². The summed E-state index contributed by atoms with van der Waals surface area (Å²) in [5, 5.41) is 0. The first-order chi connectivity index (χ1) is 9.45. The molecule has 1 fully saturated rings. The molecule has 0 radical (unpaired) electrons. The second kappa shape index (κ2) is 4.98. The molecule has 0 bridgehead atoms. The Bertz CT molecular complexity index is 414. The lowest BCUT2D eigenvalue weighted by Crippen LogP contribution is -2.83. The lowest BCUT2D eigenvalue weighted by Gasteiger charge is -2.53. The highest BCUT2D eigenvalue weighted by Crippen LogP contribution is 2.70. The molecular formula is C10H8F11I. The highest BCUT2D eigenvalue weighted by molar-refractivity contribution is 14.1. The van der Waals surface area contributed by atoms with Gasteiger partial charge in [-0.3, -0.25) is 0 Å².